The van der Waals surface area contributed by atoms with Crippen LogP contribution in [0.15, 0.2) is 48.5 Å². The molecule has 0 radical (unpaired) electrons. The van der Waals surface area contributed by atoms with E-state index < -0.39 is 0 Å². The number of amides is 1. The second-order valence-corrected chi connectivity index (χ2v) is 5.23. The predicted octanol–water partition coefficient (Wildman–Crippen LogP) is 3.78. The number of alkyl halides is 1. The van der Waals surface area contributed by atoms with Gasteiger partial charge in [-0.2, -0.15) is 0 Å². The number of benzene rings is 2. The minimum atomic E-state index is 0.0905. The van der Waals surface area contributed by atoms with E-state index in [1.165, 1.54) is 5.56 Å². The molecule has 19 heavy (non-hydrogen) atoms. The van der Waals surface area contributed by atoms with E-state index in [1.54, 1.807) is 0 Å². The Morgan fingerprint density at radius 1 is 1.16 bits per heavy atom. The first-order chi connectivity index (χ1) is 9.29. The third-order valence-corrected chi connectivity index (χ3v) is 4.11. The summed E-state index contributed by atoms with van der Waals surface area (Å²) in [6.45, 7) is 0.775. The lowest BCUT2D eigenvalue weighted by atomic mass is 10.1. The summed E-state index contributed by atoms with van der Waals surface area (Å²) in [7, 11) is 0. The van der Waals surface area contributed by atoms with Crippen LogP contribution in [0.3, 0.4) is 0 Å². The predicted molar refractivity (Wildman–Crippen MR) is 80.9 cm³/mol. The smallest absolute Gasteiger partial charge is 0.258 e. The first-order valence-electron chi connectivity index (χ1n) is 6.34. The van der Waals surface area contributed by atoms with Gasteiger partial charge in [-0.1, -0.05) is 46.3 Å². The number of fused-ring (bicyclic) bond motifs is 1. The number of rotatable bonds is 2. The van der Waals surface area contributed by atoms with E-state index >= 15 is 0 Å². The normalized spacial score (nSPS) is 13.4. The zero-order valence-corrected chi connectivity index (χ0v) is 12.1. The van der Waals surface area contributed by atoms with Gasteiger partial charge >= 0.3 is 0 Å². The standard InChI is InChI=1S/C16H14BrNO/c17-11-12-4-3-6-14(10-12)16(19)18-9-8-13-5-1-2-7-15(13)18/h1-7,10H,8-9,11H2. The van der Waals surface area contributed by atoms with Gasteiger partial charge in [0.2, 0.25) is 0 Å². The molecule has 0 saturated carbocycles. The van der Waals surface area contributed by atoms with Crippen molar-refractivity contribution in [2.24, 2.45) is 0 Å². The third kappa shape index (κ3) is 2.30. The highest BCUT2D eigenvalue weighted by Gasteiger charge is 2.24. The molecule has 0 spiro atoms. The van der Waals surface area contributed by atoms with Gasteiger partial charge in [-0.15, -0.1) is 0 Å². The third-order valence-electron chi connectivity index (χ3n) is 3.46. The largest absolute Gasteiger partial charge is 0.308 e. The van der Waals surface area contributed by atoms with Crippen LogP contribution >= 0.6 is 15.9 Å². The van der Waals surface area contributed by atoms with Crippen molar-refractivity contribution in [2.45, 2.75) is 11.8 Å². The molecule has 0 aliphatic carbocycles. The Labute approximate surface area is 121 Å². The van der Waals surface area contributed by atoms with Crippen molar-refractivity contribution in [2.75, 3.05) is 11.4 Å². The molecule has 0 unspecified atom stereocenters. The highest BCUT2D eigenvalue weighted by molar-refractivity contribution is 9.08. The minimum Gasteiger partial charge on any atom is -0.308 e. The van der Waals surface area contributed by atoms with Crippen LogP contribution in [0.5, 0.6) is 0 Å². The summed E-state index contributed by atoms with van der Waals surface area (Å²) in [5.41, 5.74) is 4.19. The van der Waals surface area contributed by atoms with Crippen LogP contribution in [0.4, 0.5) is 5.69 Å². The first kappa shape index (κ1) is 12.4. The van der Waals surface area contributed by atoms with E-state index in [0.717, 1.165) is 35.1 Å². The number of carbonyl (C=O) groups is 1. The summed E-state index contributed by atoms with van der Waals surface area (Å²) in [5, 5.41) is 0.769. The highest BCUT2D eigenvalue weighted by Crippen LogP contribution is 2.28. The molecular formula is C16H14BrNO. The average Bonchev–Trinajstić information content (AvgIpc) is 2.90. The van der Waals surface area contributed by atoms with Gasteiger partial charge in [0, 0.05) is 23.1 Å². The van der Waals surface area contributed by atoms with Crippen LogP contribution in [-0.2, 0) is 11.8 Å². The SMILES string of the molecule is O=C(c1cccc(CBr)c1)N1CCc2ccccc21. The second-order valence-electron chi connectivity index (χ2n) is 4.67. The summed E-state index contributed by atoms with van der Waals surface area (Å²) < 4.78 is 0. The first-order valence-corrected chi connectivity index (χ1v) is 7.46. The maximum absolute atomic E-state index is 12.6. The van der Waals surface area contributed by atoms with E-state index in [0.29, 0.717) is 0 Å². The molecule has 0 fully saturated rings. The number of anilines is 1. The van der Waals surface area contributed by atoms with E-state index in [4.69, 9.17) is 0 Å². The lowest BCUT2D eigenvalue weighted by Crippen LogP contribution is -2.28. The number of hydrogen-bond acceptors (Lipinski definition) is 1. The van der Waals surface area contributed by atoms with Crippen LogP contribution in [-0.4, -0.2) is 12.5 Å². The molecule has 0 bridgehead atoms. The van der Waals surface area contributed by atoms with Gasteiger partial charge in [0.15, 0.2) is 0 Å². The molecule has 0 saturated heterocycles. The van der Waals surface area contributed by atoms with Crippen molar-refractivity contribution in [3.8, 4) is 0 Å². The van der Waals surface area contributed by atoms with Crippen LogP contribution in [0, 0.1) is 0 Å². The van der Waals surface area contributed by atoms with Crippen LogP contribution in [0.25, 0.3) is 0 Å². The molecule has 0 N–H and O–H groups in total. The molecule has 1 aliphatic rings. The second kappa shape index (κ2) is 5.17. The quantitative estimate of drug-likeness (QED) is 0.772. The number of carbonyl (C=O) groups excluding carboxylic acids is 1. The van der Waals surface area contributed by atoms with Gasteiger partial charge < -0.3 is 4.90 Å². The molecule has 0 atom stereocenters. The highest BCUT2D eigenvalue weighted by atomic mass is 79.9. The van der Waals surface area contributed by atoms with Crippen LogP contribution < -0.4 is 4.90 Å². The minimum absolute atomic E-state index is 0.0905. The number of para-hydroxylation sites is 1. The summed E-state index contributed by atoms with van der Waals surface area (Å²) >= 11 is 3.43. The lowest BCUT2D eigenvalue weighted by molar-refractivity contribution is 0.0989. The molecule has 96 valence electrons. The van der Waals surface area contributed by atoms with Crippen molar-refractivity contribution in [3.63, 3.8) is 0 Å². The van der Waals surface area contributed by atoms with E-state index in [-0.39, 0.29) is 5.91 Å². The fraction of sp³-hybridized carbons (Fsp3) is 0.188. The van der Waals surface area contributed by atoms with E-state index in [9.17, 15) is 4.79 Å². The Morgan fingerprint density at radius 2 is 2.00 bits per heavy atom. The molecule has 2 aromatic rings. The molecule has 3 heteroatoms. The Kier molecular flexibility index (Phi) is 3.38. The molecule has 1 aliphatic heterocycles. The maximum atomic E-state index is 12.6. The van der Waals surface area contributed by atoms with E-state index in [1.807, 2.05) is 47.4 Å². The van der Waals surface area contributed by atoms with Crippen LogP contribution in [0.1, 0.15) is 21.5 Å². The van der Waals surface area contributed by atoms with Gasteiger partial charge in [0.1, 0.15) is 0 Å². The molecule has 3 rings (SSSR count). The number of hydrogen-bond donors (Lipinski definition) is 0. The molecular weight excluding hydrogens is 302 g/mol. The van der Waals surface area contributed by atoms with Crippen molar-refractivity contribution >= 4 is 27.5 Å². The molecule has 2 aromatic carbocycles. The van der Waals surface area contributed by atoms with E-state index in [2.05, 4.69) is 22.0 Å². The summed E-state index contributed by atoms with van der Waals surface area (Å²) in [6, 6.07) is 15.9. The van der Waals surface area contributed by atoms with Crippen molar-refractivity contribution in [1.82, 2.24) is 0 Å². The van der Waals surface area contributed by atoms with Gasteiger partial charge in [0.05, 0.1) is 0 Å². The summed E-state index contributed by atoms with van der Waals surface area (Å²) in [6.07, 6.45) is 0.944. The van der Waals surface area contributed by atoms with Crippen LogP contribution in [0.2, 0.25) is 0 Å². The zero-order valence-electron chi connectivity index (χ0n) is 10.5. The number of nitrogens with zero attached hydrogens (tertiary/aromatic N) is 1. The van der Waals surface area contributed by atoms with Crippen molar-refractivity contribution in [1.29, 1.82) is 0 Å². The monoisotopic (exact) mass is 315 g/mol. The van der Waals surface area contributed by atoms with Gasteiger partial charge in [-0.3, -0.25) is 4.79 Å². The topological polar surface area (TPSA) is 20.3 Å². The van der Waals surface area contributed by atoms with Crippen molar-refractivity contribution in [3.05, 3.63) is 65.2 Å². The fourth-order valence-corrected chi connectivity index (χ4v) is 2.84. The Hall–Kier alpha value is -1.61. The van der Waals surface area contributed by atoms with Crippen molar-refractivity contribution < 1.29 is 4.79 Å². The van der Waals surface area contributed by atoms with Gasteiger partial charge in [0.25, 0.3) is 5.91 Å². The van der Waals surface area contributed by atoms with Gasteiger partial charge in [-0.25, -0.2) is 0 Å². The molecule has 1 heterocycles. The molecule has 1 amide bonds. The zero-order chi connectivity index (χ0) is 13.2. The Bertz CT molecular complexity index is 624. The number of halogens is 1. The maximum Gasteiger partial charge on any atom is 0.258 e. The Morgan fingerprint density at radius 3 is 2.84 bits per heavy atom. The summed E-state index contributed by atoms with van der Waals surface area (Å²) in [4.78, 5) is 14.5. The summed E-state index contributed by atoms with van der Waals surface area (Å²) in [5.74, 6) is 0.0905. The Balaban J connectivity index is 1.93. The fourth-order valence-electron chi connectivity index (χ4n) is 2.49. The van der Waals surface area contributed by atoms with Gasteiger partial charge in [-0.05, 0) is 35.7 Å². The average molecular weight is 316 g/mol. The molecule has 0 aromatic heterocycles. The molecule has 2 nitrogen and oxygen atoms in total. The lowest BCUT2D eigenvalue weighted by Gasteiger charge is -2.17.